The van der Waals surface area contributed by atoms with Gasteiger partial charge >= 0.3 is 11.9 Å². The van der Waals surface area contributed by atoms with Gasteiger partial charge < -0.3 is 19.3 Å². The molecule has 0 bridgehead atoms. The van der Waals surface area contributed by atoms with Crippen LogP contribution in [0.1, 0.15) is 67.6 Å². The first-order valence-electron chi connectivity index (χ1n) is 14.1. The van der Waals surface area contributed by atoms with Gasteiger partial charge in [-0.15, -0.1) is 0 Å². The number of hydrogen-bond acceptors (Lipinski definition) is 6. The van der Waals surface area contributed by atoms with Gasteiger partial charge in [-0.2, -0.15) is 0 Å². The van der Waals surface area contributed by atoms with Gasteiger partial charge in [-0.1, -0.05) is 43.0 Å². The Morgan fingerprint density at radius 1 is 0.650 bits per heavy atom. The van der Waals surface area contributed by atoms with Crippen molar-refractivity contribution in [2.75, 3.05) is 49.2 Å². The van der Waals surface area contributed by atoms with Crippen molar-refractivity contribution in [1.29, 1.82) is 0 Å². The second-order valence-corrected chi connectivity index (χ2v) is 9.63. The van der Waals surface area contributed by atoms with E-state index in [4.69, 9.17) is 9.47 Å². The number of nitrogens with zero attached hydrogens (tertiary/aromatic N) is 2. The molecule has 0 heterocycles. The number of carbonyl (C=O) groups excluding carboxylic acids is 2. The molecular weight excluding hydrogens is 500 g/mol. The van der Waals surface area contributed by atoms with Crippen molar-refractivity contribution in [3.63, 3.8) is 0 Å². The first-order valence-corrected chi connectivity index (χ1v) is 14.1. The third-order valence-corrected chi connectivity index (χ3v) is 7.09. The van der Waals surface area contributed by atoms with E-state index in [1.807, 2.05) is 12.1 Å². The van der Waals surface area contributed by atoms with E-state index in [9.17, 15) is 9.59 Å². The first-order chi connectivity index (χ1) is 19.3. The van der Waals surface area contributed by atoms with E-state index < -0.39 is 11.9 Å². The Labute approximate surface area is 239 Å². The summed E-state index contributed by atoms with van der Waals surface area (Å²) < 4.78 is 10.3. The SMILES string of the molecule is C=C(C)C(=O)OCCOC(=O)c1ccc(C(c2ccc(N(CC)CC)cc2)c2ccc(N(CC)CC)cc2)cc1. The Kier molecular flexibility index (Phi) is 11.4. The average molecular weight is 543 g/mol. The van der Waals surface area contributed by atoms with E-state index in [1.165, 1.54) is 22.5 Å². The minimum atomic E-state index is -0.498. The second kappa shape index (κ2) is 14.9. The van der Waals surface area contributed by atoms with Crippen LogP contribution in [0.15, 0.2) is 84.9 Å². The minimum Gasteiger partial charge on any atom is -0.459 e. The van der Waals surface area contributed by atoms with Gasteiger partial charge in [0.05, 0.1) is 5.56 Å². The number of esters is 2. The largest absolute Gasteiger partial charge is 0.459 e. The summed E-state index contributed by atoms with van der Waals surface area (Å²) >= 11 is 0. The van der Waals surface area contributed by atoms with Crippen LogP contribution in [0.2, 0.25) is 0 Å². The lowest BCUT2D eigenvalue weighted by molar-refractivity contribution is -0.140. The zero-order valence-corrected chi connectivity index (χ0v) is 24.5. The van der Waals surface area contributed by atoms with Crippen LogP contribution in [0, 0.1) is 0 Å². The summed E-state index contributed by atoms with van der Waals surface area (Å²) in [6.07, 6.45) is 0. The molecular formula is C34H42N2O4. The molecule has 0 radical (unpaired) electrons. The minimum absolute atomic E-state index is 0.00290. The fourth-order valence-electron chi connectivity index (χ4n) is 4.80. The van der Waals surface area contributed by atoms with Crippen molar-refractivity contribution < 1.29 is 19.1 Å². The molecule has 0 atom stereocenters. The summed E-state index contributed by atoms with van der Waals surface area (Å²) in [6, 6.07) is 25.1. The Hall–Kier alpha value is -4.06. The average Bonchev–Trinajstić information content (AvgIpc) is 2.98. The van der Waals surface area contributed by atoms with Crippen molar-refractivity contribution in [1.82, 2.24) is 0 Å². The maximum absolute atomic E-state index is 12.6. The summed E-state index contributed by atoms with van der Waals surface area (Å²) in [5, 5.41) is 0. The van der Waals surface area contributed by atoms with Crippen LogP contribution in [-0.2, 0) is 14.3 Å². The molecule has 0 N–H and O–H groups in total. The van der Waals surface area contributed by atoms with Crippen LogP contribution in [0.4, 0.5) is 11.4 Å². The van der Waals surface area contributed by atoms with Gasteiger partial charge in [-0.05, 0) is 87.7 Å². The van der Waals surface area contributed by atoms with Gasteiger partial charge in [0.15, 0.2) is 0 Å². The number of ether oxygens (including phenoxy) is 2. The summed E-state index contributed by atoms with van der Waals surface area (Å²) in [5.74, 6) is -0.952. The number of anilines is 2. The molecule has 0 unspecified atom stereocenters. The lowest BCUT2D eigenvalue weighted by Gasteiger charge is -2.25. The number of rotatable bonds is 14. The lowest BCUT2D eigenvalue weighted by Crippen LogP contribution is -2.21. The third kappa shape index (κ3) is 7.75. The quantitative estimate of drug-likeness (QED) is 0.0963. The van der Waals surface area contributed by atoms with Crippen LogP contribution in [-0.4, -0.2) is 51.3 Å². The Morgan fingerprint density at radius 3 is 1.40 bits per heavy atom. The molecule has 212 valence electrons. The highest BCUT2D eigenvalue weighted by Crippen LogP contribution is 2.34. The van der Waals surface area contributed by atoms with Gasteiger partial charge in [0.1, 0.15) is 13.2 Å². The zero-order valence-electron chi connectivity index (χ0n) is 24.5. The van der Waals surface area contributed by atoms with Crippen molar-refractivity contribution in [2.45, 2.75) is 40.5 Å². The van der Waals surface area contributed by atoms with Gasteiger partial charge in [-0.3, -0.25) is 0 Å². The lowest BCUT2D eigenvalue weighted by atomic mass is 9.84. The molecule has 6 nitrogen and oxygen atoms in total. The zero-order chi connectivity index (χ0) is 29.1. The normalized spacial score (nSPS) is 10.8. The molecule has 0 aliphatic heterocycles. The predicted molar refractivity (Wildman–Crippen MR) is 163 cm³/mol. The molecule has 0 saturated heterocycles. The van der Waals surface area contributed by atoms with Crippen LogP contribution in [0.3, 0.4) is 0 Å². The molecule has 3 aromatic rings. The highest BCUT2D eigenvalue weighted by atomic mass is 16.6. The molecule has 0 spiro atoms. The van der Waals surface area contributed by atoms with Gasteiger partial charge in [0, 0.05) is 49.0 Å². The highest BCUT2D eigenvalue weighted by molar-refractivity contribution is 5.89. The maximum atomic E-state index is 12.6. The Bertz CT molecular complexity index is 1190. The number of carbonyl (C=O) groups is 2. The topological polar surface area (TPSA) is 59.1 Å². The van der Waals surface area contributed by atoms with E-state index in [-0.39, 0.29) is 19.1 Å². The monoisotopic (exact) mass is 542 g/mol. The fourth-order valence-corrected chi connectivity index (χ4v) is 4.80. The summed E-state index contributed by atoms with van der Waals surface area (Å²) in [7, 11) is 0. The number of benzene rings is 3. The van der Waals surface area contributed by atoms with Gasteiger partial charge in [0.25, 0.3) is 0 Å². The van der Waals surface area contributed by atoms with Crippen LogP contribution < -0.4 is 9.80 Å². The van der Waals surface area contributed by atoms with E-state index in [0.717, 1.165) is 31.7 Å². The van der Waals surface area contributed by atoms with E-state index in [0.29, 0.717) is 11.1 Å². The standard InChI is InChI=1S/C34H42N2O4/c1-7-35(8-2)30-19-15-27(16-20-30)32(28-17-21-31(22-18-28)36(9-3)10-4)26-11-13-29(14-12-26)34(38)40-24-23-39-33(37)25(5)6/h11-22,32H,5,7-10,23-24H2,1-4,6H3. The van der Waals surface area contributed by atoms with Crippen molar-refractivity contribution in [3.05, 3.63) is 107 Å². The van der Waals surface area contributed by atoms with Crippen LogP contribution in [0.5, 0.6) is 0 Å². The predicted octanol–water partition coefficient (Wildman–Crippen LogP) is 6.84. The van der Waals surface area contributed by atoms with Crippen molar-refractivity contribution >= 4 is 23.3 Å². The van der Waals surface area contributed by atoms with Gasteiger partial charge in [0.2, 0.25) is 0 Å². The Morgan fingerprint density at radius 2 is 1.02 bits per heavy atom. The third-order valence-electron chi connectivity index (χ3n) is 7.09. The summed E-state index contributed by atoms with van der Waals surface area (Å²) in [4.78, 5) is 28.7. The van der Waals surface area contributed by atoms with Crippen molar-refractivity contribution in [3.8, 4) is 0 Å². The van der Waals surface area contributed by atoms with E-state index in [1.54, 1.807) is 19.1 Å². The highest BCUT2D eigenvalue weighted by Gasteiger charge is 2.19. The van der Waals surface area contributed by atoms with E-state index >= 15 is 0 Å². The van der Waals surface area contributed by atoms with E-state index in [2.05, 4.69) is 92.6 Å². The molecule has 40 heavy (non-hydrogen) atoms. The maximum Gasteiger partial charge on any atom is 0.338 e. The molecule has 6 heteroatoms. The van der Waals surface area contributed by atoms with Crippen molar-refractivity contribution in [2.24, 2.45) is 0 Å². The molecule has 0 fully saturated rings. The van der Waals surface area contributed by atoms with Crippen LogP contribution in [0.25, 0.3) is 0 Å². The molecule has 0 saturated carbocycles. The summed E-state index contributed by atoms with van der Waals surface area (Å²) in [5.41, 5.74) is 6.61. The molecule has 3 aromatic carbocycles. The molecule has 0 amide bonds. The second-order valence-electron chi connectivity index (χ2n) is 9.63. The fraction of sp³-hybridized carbons (Fsp3) is 0.353. The number of hydrogen-bond donors (Lipinski definition) is 0. The Balaban J connectivity index is 1.85. The van der Waals surface area contributed by atoms with Crippen LogP contribution >= 0.6 is 0 Å². The molecule has 0 aliphatic carbocycles. The van der Waals surface area contributed by atoms with Gasteiger partial charge in [-0.25, -0.2) is 9.59 Å². The molecule has 0 aromatic heterocycles. The molecule has 0 aliphatic rings. The summed E-state index contributed by atoms with van der Waals surface area (Å²) in [6.45, 7) is 17.6. The smallest absolute Gasteiger partial charge is 0.338 e. The first kappa shape index (κ1) is 30.5. The molecule has 3 rings (SSSR count).